The molecular weight excluding hydrogens is 322 g/mol. The molecule has 1 aromatic carbocycles. The van der Waals surface area contributed by atoms with Gasteiger partial charge in [-0.15, -0.1) is 0 Å². The smallest absolute Gasteiger partial charge is 0.274 e. The van der Waals surface area contributed by atoms with Crippen molar-refractivity contribution in [2.24, 2.45) is 0 Å². The van der Waals surface area contributed by atoms with Crippen LogP contribution in [0.25, 0.3) is 0 Å². The molecule has 0 saturated heterocycles. The molecule has 0 bridgehead atoms. The minimum Gasteiger partial charge on any atom is -0.318 e. The Morgan fingerprint density at radius 3 is 2.78 bits per heavy atom. The van der Waals surface area contributed by atoms with Gasteiger partial charge in [0.2, 0.25) is 0 Å². The van der Waals surface area contributed by atoms with Crippen molar-refractivity contribution in [3.8, 4) is 0 Å². The Morgan fingerprint density at radius 2 is 2.11 bits per heavy atom. The maximum Gasteiger partial charge on any atom is 0.274 e. The molecule has 3 nitrogen and oxygen atoms in total. The van der Waals surface area contributed by atoms with Crippen LogP contribution in [0.15, 0.2) is 41.0 Å². The number of nitrogens with one attached hydrogen (secondary N) is 1. The first-order valence-corrected chi connectivity index (χ1v) is 6.12. The monoisotopic (exact) mass is 328 g/mol. The first-order valence-electron chi connectivity index (χ1n) is 4.95. The topological polar surface area (TPSA) is 42.0 Å². The molecule has 1 heterocycles. The molecule has 2 aromatic rings. The average Bonchev–Trinajstić information content (AvgIpc) is 2.36. The normalized spacial score (nSPS) is 10.2. The Morgan fingerprint density at radius 1 is 1.33 bits per heavy atom. The Kier molecular flexibility index (Phi) is 3.93. The maximum absolute atomic E-state index is 13.6. The summed E-state index contributed by atoms with van der Waals surface area (Å²) in [6.45, 7) is 0. The van der Waals surface area contributed by atoms with Crippen LogP contribution in [0.5, 0.6) is 0 Å². The van der Waals surface area contributed by atoms with E-state index in [1.54, 1.807) is 12.1 Å². The van der Waals surface area contributed by atoms with Crippen LogP contribution in [-0.4, -0.2) is 10.9 Å². The third kappa shape index (κ3) is 2.86. The number of pyridine rings is 1. The average molecular weight is 330 g/mol. The molecule has 0 spiro atoms. The molecular formula is C12H7BrClFN2O. The van der Waals surface area contributed by atoms with Gasteiger partial charge in [-0.3, -0.25) is 4.79 Å². The second kappa shape index (κ2) is 5.46. The predicted octanol–water partition coefficient (Wildman–Crippen LogP) is 3.89. The third-order valence-corrected chi connectivity index (χ3v) is 2.92. The first-order chi connectivity index (χ1) is 8.58. The van der Waals surface area contributed by atoms with Gasteiger partial charge in [-0.05, 0) is 40.2 Å². The predicted molar refractivity (Wildman–Crippen MR) is 71.3 cm³/mol. The Bertz CT molecular complexity index is 589. The highest BCUT2D eigenvalue weighted by atomic mass is 79.9. The second-order valence-electron chi connectivity index (χ2n) is 3.42. The van der Waals surface area contributed by atoms with E-state index in [-0.39, 0.29) is 16.4 Å². The summed E-state index contributed by atoms with van der Waals surface area (Å²) in [4.78, 5) is 15.7. The molecule has 18 heavy (non-hydrogen) atoms. The fraction of sp³-hybridized carbons (Fsp3) is 0. The van der Waals surface area contributed by atoms with Crippen LogP contribution in [0.1, 0.15) is 10.5 Å². The third-order valence-electron chi connectivity index (χ3n) is 2.16. The summed E-state index contributed by atoms with van der Waals surface area (Å²) in [5.41, 5.74) is 0.217. The molecule has 0 unspecified atom stereocenters. The quantitative estimate of drug-likeness (QED) is 0.908. The SMILES string of the molecule is O=C(Nc1cccc(Cl)c1F)c1ccc(Br)cn1. The maximum atomic E-state index is 13.6. The van der Waals surface area contributed by atoms with Gasteiger partial charge in [-0.2, -0.15) is 0 Å². The van der Waals surface area contributed by atoms with E-state index >= 15 is 0 Å². The van der Waals surface area contributed by atoms with Gasteiger partial charge in [0, 0.05) is 10.7 Å². The molecule has 6 heteroatoms. The van der Waals surface area contributed by atoms with Gasteiger partial charge in [-0.1, -0.05) is 17.7 Å². The summed E-state index contributed by atoms with van der Waals surface area (Å²) in [5, 5.41) is 2.37. The van der Waals surface area contributed by atoms with Crippen molar-refractivity contribution >= 4 is 39.1 Å². The van der Waals surface area contributed by atoms with Crippen molar-refractivity contribution < 1.29 is 9.18 Å². The van der Waals surface area contributed by atoms with Crippen molar-refractivity contribution in [2.45, 2.75) is 0 Å². The van der Waals surface area contributed by atoms with Crippen molar-refractivity contribution in [3.63, 3.8) is 0 Å². The fourth-order valence-electron chi connectivity index (χ4n) is 1.30. The van der Waals surface area contributed by atoms with Crippen molar-refractivity contribution in [1.82, 2.24) is 4.98 Å². The van der Waals surface area contributed by atoms with Gasteiger partial charge in [0.05, 0.1) is 10.7 Å². The molecule has 2 rings (SSSR count). The molecule has 0 aliphatic rings. The van der Waals surface area contributed by atoms with E-state index in [9.17, 15) is 9.18 Å². The highest BCUT2D eigenvalue weighted by molar-refractivity contribution is 9.10. The molecule has 0 aliphatic carbocycles. The summed E-state index contributed by atoms with van der Waals surface area (Å²) in [6.07, 6.45) is 1.49. The first kappa shape index (κ1) is 13.0. The van der Waals surface area contributed by atoms with Crippen LogP contribution >= 0.6 is 27.5 Å². The molecule has 0 atom stereocenters. The molecule has 0 radical (unpaired) electrons. The number of hydrogen-bond donors (Lipinski definition) is 1. The van der Waals surface area contributed by atoms with Gasteiger partial charge in [0.1, 0.15) is 5.69 Å². The van der Waals surface area contributed by atoms with E-state index in [0.29, 0.717) is 0 Å². The number of carbonyl (C=O) groups excluding carboxylic acids is 1. The summed E-state index contributed by atoms with van der Waals surface area (Å²) in [6, 6.07) is 7.59. The van der Waals surface area contributed by atoms with Crippen LogP contribution < -0.4 is 5.32 Å². The van der Waals surface area contributed by atoms with Crippen molar-refractivity contribution in [1.29, 1.82) is 0 Å². The standard InChI is InChI=1S/C12H7BrClFN2O/c13-7-4-5-10(16-6-7)12(18)17-9-3-1-2-8(14)11(9)15/h1-6H,(H,17,18). The highest BCUT2D eigenvalue weighted by Gasteiger charge is 2.12. The fourth-order valence-corrected chi connectivity index (χ4v) is 1.71. The van der Waals surface area contributed by atoms with E-state index in [2.05, 4.69) is 26.2 Å². The van der Waals surface area contributed by atoms with E-state index in [1.165, 1.54) is 24.4 Å². The molecule has 1 amide bonds. The minimum absolute atomic E-state index is 0.0252. The van der Waals surface area contributed by atoms with Crippen LogP contribution in [0, 0.1) is 5.82 Å². The zero-order chi connectivity index (χ0) is 13.1. The lowest BCUT2D eigenvalue weighted by Crippen LogP contribution is -2.14. The van der Waals surface area contributed by atoms with Crippen LogP contribution in [0.2, 0.25) is 5.02 Å². The summed E-state index contributed by atoms with van der Waals surface area (Å²) in [5.74, 6) is -1.16. The van der Waals surface area contributed by atoms with Crippen molar-refractivity contribution in [3.05, 3.63) is 57.5 Å². The number of halogens is 3. The Hall–Kier alpha value is -1.46. The zero-order valence-electron chi connectivity index (χ0n) is 8.95. The number of aromatic nitrogens is 1. The molecule has 1 N–H and O–H groups in total. The molecule has 92 valence electrons. The largest absolute Gasteiger partial charge is 0.318 e. The lowest BCUT2D eigenvalue weighted by molar-refractivity contribution is 0.102. The number of rotatable bonds is 2. The number of benzene rings is 1. The molecule has 0 aliphatic heterocycles. The number of carbonyl (C=O) groups is 1. The zero-order valence-corrected chi connectivity index (χ0v) is 11.3. The van der Waals surface area contributed by atoms with E-state index in [4.69, 9.17) is 11.6 Å². The number of anilines is 1. The lowest BCUT2D eigenvalue weighted by Gasteiger charge is -2.06. The number of hydrogen-bond acceptors (Lipinski definition) is 2. The van der Waals surface area contributed by atoms with Gasteiger partial charge in [0.15, 0.2) is 5.82 Å². The second-order valence-corrected chi connectivity index (χ2v) is 4.74. The highest BCUT2D eigenvalue weighted by Crippen LogP contribution is 2.22. The van der Waals surface area contributed by atoms with Crippen LogP contribution in [0.4, 0.5) is 10.1 Å². The van der Waals surface area contributed by atoms with Gasteiger partial charge < -0.3 is 5.32 Å². The van der Waals surface area contributed by atoms with E-state index < -0.39 is 11.7 Å². The number of nitrogens with zero attached hydrogens (tertiary/aromatic N) is 1. The molecule has 1 aromatic heterocycles. The summed E-state index contributed by atoms with van der Waals surface area (Å²) < 4.78 is 14.3. The summed E-state index contributed by atoms with van der Waals surface area (Å²) >= 11 is 8.83. The van der Waals surface area contributed by atoms with Gasteiger partial charge in [0.25, 0.3) is 5.91 Å². The van der Waals surface area contributed by atoms with Crippen LogP contribution in [0.3, 0.4) is 0 Å². The molecule has 0 fully saturated rings. The minimum atomic E-state index is -0.662. The van der Waals surface area contributed by atoms with Gasteiger partial charge in [-0.25, -0.2) is 9.37 Å². The van der Waals surface area contributed by atoms with E-state index in [0.717, 1.165) is 4.47 Å². The Labute approximate surface area is 116 Å². The number of amides is 1. The van der Waals surface area contributed by atoms with Crippen molar-refractivity contribution in [2.75, 3.05) is 5.32 Å². The summed E-state index contributed by atoms with van der Waals surface area (Å²) in [7, 11) is 0. The Balaban J connectivity index is 2.21. The lowest BCUT2D eigenvalue weighted by atomic mass is 10.3. The van der Waals surface area contributed by atoms with E-state index in [1.807, 2.05) is 0 Å². The van der Waals surface area contributed by atoms with Crippen LogP contribution in [-0.2, 0) is 0 Å². The van der Waals surface area contributed by atoms with Gasteiger partial charge >= 0.3 is 0 Å². The molecule has 0 saturated carbocycles.